The van der Waals surface area contributed by atoms with E-state index >= 15 is 0 Å². The Balaban J connectivity index is 0.00000113. The minimum absolute atomic E-state index is 0.0420. The number of nitrogens with one attached hydrogen (secondary N) is 3. The smallest absolute Gasteiger partial charge is 0.279 e. The molecule has 1 saturated heterocycles. The lowest BCUT2D eigenvalue weighted by atomic mass is 9.96. The summed E-state index contributed by atoms with van der Waals surface area (Å²) in [6, 6.07) is 0. The van der Waals surface area contributed by atoms with E-state index in [1.807, 2.05) is 20.8 Å². The Hall–Kier alpha value is -2.13. The Kier molecular flexibility index (Phi) is 10.9. The van der Waals surface area contributed by atoms with Crippen molar-refractivity contribution in [2.75, 3.05) is 20.8 Å². The van der Waals surface area contributed by atoms with Crippen LogP contribution in [0.15, 0.2) is 11.6 Å². The van der Waals surface area contributed by atoms with Crippen LogP contribution in [0.3, 0.4) is 0 Å². The molecule has 0 saturated carbocycles. The number of aldehydes is 1. The molecule has 9 heteroatoms. The van der Waals surface area contributed by atoms with Gasteiger partial charge in [-0.1, -0.05) is 41.5 Å². The van der Waals surface area contributed by atoms with Gasteiger partial charge in [0.25, 0.3) is 5.91 Å². The Morgan fingerprint density at radius 3 is 2.14 bits per heavy atom. The number of ether oxygens (including phenoxy) is 2. The number of aliphatic hydroxyl groups excluding tert-OH is 1. The van der Waals surface area contributed by atoms with Crippen molar-refractivity contribution in [2.45, 2.75) is 66.7 Å². The second kappa shape index (κ2) is 11.8. The van der Waals surface area contributed by atoms with E-state index in [1.54, 1.807) is 27.9 Å². The quantitative estimate of drug-likeness (QED) is 0.293. The molecular weight excluding hydrogens is 378 g/mol. The number of likely N-dealkylation sites (N-methyl/N-ethyl adjacent to an activating group) is 1. The van der Waals surface area contributed by atoms with Gasteiger partial charge in [-0.05, 0) is 12.8 Å². The van der Waals surface area contributed by atoms with E-state index in [1.165, 1.54) is 7.05 Å². The average molecular weight is 416 g/mol. The highest BCUT2D eigenvalue weighted by molar-refractivity contribution is 6.05. The normalized spacial score (nSPS) is 20.0. The second-order valence-corrected chi connectivity index (χ2v) is 8.91. The molecule has 1 heterocycles. The molecule has 0 bridgehead atoms. The fraction of sp³-hybridized carbons (Fsp3) is 0.750. The van der Waals surface area contributed by atoms with Gasteiger partial charge >= 0.3 is 0 Å². The molecule has 0 aromatic rings. The summed E-state index contributed by atoms with van der Waals surface area (Å²) in [7, 11) is 3.08. The van der Waals surface area contributed by atoms with Crippen LogP contribution < -0.4 is 16.0 Å². The molecule has 0 aromatic carbocycles. The van der Waals surface area contributed by atoms with Crippen LogP contribution in [0.1, 0.15) is 54.4 Å². The molecule has 9 nitrogen and oxygen atoms in total. The number of carbonyl (C=O) groups excluding carboxylic acids is 3. The van der Waals surface area contributed by atoms with Crippen molar-refractivity contribution in [1.82, 2.24) is 16.0 Å². The summed E-state index contributed by atoms with van der Waals surface area (Å²) in [5.41, 5.74) is -0.971. The first-order chi connectivity index (χ1) is 13.2. The van der Waals surface area contributed by atoms with E-state index in [9.17, 15) is 19.5 Å². The third-order valence-electron chi connectivity index (χ3n) is 3.73. The largest absolute Gasteiger partial charge is 0.493 e. The summed E-state index contributed by atoms with van der Waals surface area (Å²) in [5.74, 6) is -1.50. The van der Waals surface area contributed by atoms with Gasteiger partial charge in [0.2, 0.25) is 11.8 Å². The lowest BCUT2D eigenvalue weighted by Crippen LogP contribution is -2.43. The van der Waals surface area contributed by atoms with Crippen LogP contribution in [0.4, 0.5) is 0 Å². The van der Waals surface area contributed by atoms with Crippen molar-refractivity contribution >= 4 is 18.1 Å². The summed E-state index contributed by atoms with van der Waals surface area (Å²) in [6.45, 7) is 11.2. The zero-order chi connectivity index (χ0) is 22.8. The highest BCUT2D eigenvalue weighted by atomic mass is 16.5. The van der Waals surface area contributed by atoms with Gasteiger partial charge in [-0.3, -0.25) is 14.9 Å². The summed E-state index contributed by atoms with van der Waals surface area (Å²) < 4.78 is 10.6. The number of aliphatic hydroxyl groups is 1. The predicted octanol–water partition coefficient (Wildman–Crippen LogP) is 1.59. The maximum atomic E-state index is 12.1. The number of carbonyl (C=O) groups is 3. The number of hydrogen-bond donors (Lipinski definition) is 4. The van der Waals surface area contributed by atoms with Crippen molar-refractivity contribution in [1.29, 1.82) is 0 Å². The van der Waals surface area contributed by atoms with E-state index in [0.29, 0.717) is 13.0 Å². The van der Waals surface area contributed by atoms with Gasteiger partial charge < -0.3 is 30.0 Å². The Morgan fingerprint density at radius 1 is 1.17 bits per heavy atom. The zero-order valence-electron chi connectivity index (χ0n) is 18.8. The van der Waals surface area contributed by atoms with Crippen LogP contribution in [0.2, 0.25) is 0 Å². The lowest BCUT2D eigenvalue weighted by molar-refractivity contribution is -0.134. The number of methoxy groups -OCH3 is 1. The van der Waals surface area contributed by atoms with E-state index in [-0.39, 0.29) is 23.1 Å². The molecule has 0 aliphatic carbocycles. The standard InChI is InChI=1S/C15H27N3O5.C5H10O/c1-15(2,3)14(21)18-13(20)11(16-4)12(19)17-10-7-6-9(23-10)8-22-5;1-5(2,3)4-6/h9-10,16-17,19H,6-8H2,1-5H3,(H,18,20,21);4H,1-3H3/b12-11+;/t9-,10+;/m0./s1. The maximum absolute atomic E-state index is 12.1. The highest BCUT2D eigenvalue weighted by Crippen LogP contribution is 2.19. The molecule has 0 unspecified atom stereocenters. The van der Waals surface area contributed by atoms with Gasteiger partial charge in [-0.2, -0.15) is 0 Å². The number of rotatable bonds is 6. The highest BCUT2D eigenvalue weighted by Gasteiger charge is 2.28. The molecule has 1 rings (SSSR count). The second-order valence-electron chi connectivity index (χ2n) is 8.91. The SMILES string of the molecule is CC(C)(C)C=O.CN/C(C(=O)NC(=O)C(C)(C)C)=C(/O)N[C@H]1CC[C@@H](COC)O1. The monoisotopic (exact) mass is 415 g/mol. The van der Waals surface area contributed by atoms with Gasteiger partial charge in [0, 0.05) is 25.0 Å². The number of imide groups is 1. The van der Waals surface area contributed by atoms with Crippen molar-refractivity contribution in [3.05, 3.63) is 11.6 Å². The van der Waals surface area contributed by atoms with Crippen LogP contribution in [0, 0.1) is 10.8 Å². The van der Waals surface area contributed by atoms with Gasteiger partial charge in [-0.15, -0.1) is 0 Å². The topological polar surface area (TPSA) is 126 Å². The summed E-state index contributed by atoms with van der Waals surface area (Å²) >= 11 is 0. The van der Waals surface area contributed by atoms with Gasteiger partial charge in [0.05, 0.1) is 12.7 Å². The minimum atomic E-state index is -0.709. The van der Waals surface area contributed by atoms with Crippen molar-refractivity contribution in [3.8, 4) is 0 Å². The Labute approximate surface area is 173 Å². The predicted molar refractivity (Wildman–Crippen MR) is 110 cm³/mol. The van der Waals surface area contributed by atoms with Gasteiger partial charge in [0.15, 0.2) is 5.70 Å². The molecule has 1 fully saturated rings. The van der Waals surface area contributed by atoms with E-state index in [0.717, 1.165) is 12.7 Å². The molecule has 4 N–H and O–H groups in total. The van der Waals surface area contributed by atoms with Crippen molar-refractivity contribution in [3.63, 3.8) is 0 Å². The van der Waals surface area contributed by atoms with E-state index in [2.05, 4.69) is 16.0 Å². The minimum Gasteiger partial charge on any atom is -0.493 e. The molecule has 1 aliphatic rings. The first-order valence-corrected chi connectivity index (χ1v) is 9.59. The first kappa shape index (κ1) is 26.9. The number of hydrogen-bond acceptors (Lipinski definition) is 8. The molecule has 0 radical (unpaired) electrons. The molecule has 168 valence electrons. The lowest BCUT2D eigenvalue weighted by Gasteiger charge is -2.19. The summed E-state index contributed by atoms with van der Waals surface area (Å²) in [5, 5.41) is 17.7. The van der Waals surface area contributed by atoms with Gasteiger partial charge in [-0.25, -0.2) is 0 Å². The van der Waals surface area contributed by atoms with Crippen LogP contribution in [-0.2, 0) is 23.9 Å². The third kappa shape index (κ3) is 10.8. The van der Waals surface area contributed by atoms with Crippen LogP contribution in [0.25, 0.3) is 0 Å². The summed E-state index contributed by atoms with van der Waals surface area (Å²) in [4.78, 5) is 33.8. The maximum Gasteiger partial charge on any atom is 0.279 e. The molecule has 2 atom stereocenters. The fourth-order valence-corrected chi connectivity index (χ4v) is 2.04. The molecule has 0 aromatic heterocycles. The molecular formula is C20H37N3O6. The van der Waals surface area contributed by atoms with Crippen molar-refractivity contribution < 1.29 is 29.0 Å². The van der Waals surface area contributed by atoms with Crippen LogP contribution >= 0.6 is 0 Å². The Bertz CT molecular complexity index is 590. The molecule has 1 aliphatic heterocycles. The number of amides is 2. The Morgan fingerprint density at radius 2 is 1.72 bits per heavy atom. The first-order valence-electron chi connectivity index (χ1n) is 9.59. The fourth-order valence-electron chi connectivity index (χ4n) is 2.04. The molecule has 29 heavy (non-hydrogen) atoms. The van der Waals surface area contributed by atoms with Crippen LogP contribution in [-0.4, -0.2) is 56.3 Å². The molecule has 2 amide bonds. The zero-order valence-corrected chi connectivity index (χ0v) is 18.8. The van der Waals surface area contributed by atoms with Crippen LogP contribution in [0.5, 0.6) is 0 Å². The van der Waals surface area contributed by atoms with Gasteiger partial charge in [0.1, 0.15) is 12.5 Å². The van der Waals surface area contributed by atoms with E-state index < -0.39 is 23.5 Å². The summed E-state index contributed by atoms with van der Waals surface area (Å²) in [6.07, 6.45) is 1.96. The molecule has 0 spiro atoms. The average Bonchev–Trinajstić information content (AvgIpc) is 3.01. The van der Waals surface area contributed by atoms with Crippen molar-refractivity contribution in [2.24, 2.45) is 10.8 Å². The third-order valence-corrected chi connectivity index (χ3v) is 3.73. The van der Waals surface area contributed by atoms with E-state index in [4.69, 9.17) is 9.47 Å².